The number of hydrogen-bond acceptors (Lipinski definition) is 4. The molecule has 0 spiro atoms. The minimum absolute atomic E-state index is 0.309. The molecule has 0 saturated heterocycles. The molecule has 0 unspecified atom stereocenters. The van der Waals surface area contributed by atoms with Gasteiger partial charge in [-0.25, -0.2) is 0 Å². The molecular weight excluding hydrogens is 350 g/mol. The van der Waals surface area contributed by atoms with E-state index in [2.05, 4.69) is 15.9 Å². The van der Waals surface area contributed by atoms with Gasteiger partial charge in [0.05, 0.1) is 18.7 Å². The van der Waals surface area contributed by atoms with Crippen LogP contribution in [0.1, 0.15) is 15.9 Å². The Morgan fingerprint density at radius 2 is 1.95 bits per heavy atom. The zero-order valence-corrected chi connectivity index (χ0v) is 13.8. The Kier molecular flexibility index (Phi) is 5.27. The third-order valence-corrected chi connectivity index (χ3v) is 3.95. The molecule has 0 bridgehead atoms. The predicted molar refractivity (Wildman–Crippen MR) is 86.5 cm³/mol. The van der Waals surface area contributed by atoms with Crippen LogP contribution in [0.5, 0.6) is 17.2 Å². The van der Waals surface area contributed by atoms with E-state index in [1.165, 1.54) is 0 Å². The van der Waals surface area contributed by atoms with Crippen molar-refractivity contribution >= 4 is 21.8 Å². The Labute approximate surface area is 137 Å². The Balaban J connectivity index is 2.18. The first-order chi connectivity index (χ1) is 10.6. The Morgan fingerprint density at radius 3 is 2.59 bits per heavy atom. The summed E-state index contributed by atoms with van der Waals surface area (Å²) in [4.78, 5) is 11.2. The smallest absolute Gasteiger partial charge is 0.248 e. The van der Waals surface area contributed by atoms with Gasteiger partial charge in [-0.2, -0.15) is 0 Å². The Hall–Kier alpha value is -2.21. The number of carbonyl (C=O) groups is 1. The summed E-state index contributed by atoms with van der Waals surface area (Å²) in [5.41, 5.74) is 6.55. The maximum Gasteiger partial charge on any atom is 0.248 e. The average molecular weight is 366 g/mol. The van der Waals surface area contributed by atoms with Gasteiger partial charge in [0.2, 0.25) is 5.91 Å². The number of benzene rings is 2. The summed E-state index contributed by atoms with van der Waals surface area (Å²) in [6.07, 6.45) is 0. The molecule has 6 heteroatoms. The summed E-state index contributed by atoms with van der Waals surface area (Å²) in [7, 11) is 3.15. The van der Waals surface area contributed by atoms with Crippen molar-refractivity contribution in [3.05, 3.63) is 52.0 Å². The SMILES string of the molecule is COc1ccc(COc2cccc(C(N)=O)c2)c(Br)c1OC. The number of primary amides is 1. The number of hydrogen-bond donors (Lipinski definition) is 1. The van der Waals surface area contributed by atoms with Crippen molar-refractivity contribution in [2.75, 3.05) is 14.2 Å². The molecule has 22 heavy (non-hydrogen) atoms. The molecule has 0 aliphatic rings. The first-order valence-corrected chi connectivity index (χ1v) is 7.28. The second-order valence-corrected chi connectivity index (χ2v) is 5.25. The molecule has 0 heterocycles. The van der Waals surface area contributed by atoms with Gasteiger partial charge in [-0.3, -0.25) is 4.79 Å². The fourth-order valence-corrected chi connectivity index (χ4v) is 2.55. The van der Waals surface area contributed by atoms with Gasteiger partial charge in [0, 0.05) is 11.1 Å². The van der Waals surface area contributed by atoms with E-state index in [1.807, 2.05) is 12.1 Å². The van der Waals surface area contributed by atoms with Crippen molar-refractivity contribution in [1.82, 2.24) is 0 Å². The lowest BCUT2D eigenvalue weighted by molar-refractivity contribution is 0.1000. The molecule has 0 atom stereocenters. The molecule has 116 valence electrons. The zero-order valence-electron chi connectivity index (χ0n) is 12.3. The van der Waals surface area contributed by atoms with E-state index in [9.17, 15) is 4.79 Å². The molecule has 0 aliphatic heterocycles. The molecular formula is C16H16BrNO4. The third kappa shape index (κ3) is 3.51. The van der Waals surface area contributed by atoms with Crippen LogP contribution in [-0.2, 0) is 6.61 Å². The zero-order chi connectivity index (χ0) is 16.1. The van der Waals surface area contributed by atoms with Crippen LogP contribution >= 0.6 is 15.9 Å². The summed E-state index contributed by atoms with van der Waals surface area (Å²) >= 11 is 3.49. The van der Waals surface area contributed by atoms with Crippen LogP contribution in [-0.4, -0.2) is 20.1 Å². The summed E-state index contributed by atoms with van der Waals surface area (Å²) in [5.74, 6) is 1.32. The number of amides is 1. The summed E-state index contributed by atoms with van der Waals surface area (Å²) < 4.78 is 17.0. The van der Waals surface area contributed by atoms with Crippen molar-refractivity contribution < 1.29 is 19.0 Å². The topological polar surface area (TPSA) is 70.8 Å². The van der Waals surface area contributed by atoms with E-state index in [0.29, 0.717) is 29.4 Å². The molecule has 2 aromatic rings. The number of methoxy groups -OCH3 is 2. The quantitative estimate of drug-likeness (QED) is 0.853. The minimum atomic E-state index is -0.488. The van der Waals surface area contributed by atoms with Crippen LogP contribution in [0.25, 0.3) is 0 Å². The molecule has 2 rings (SSSR count). The second-order valence-electron chi connectivity index (χ2n) is 4.45. The van der Waals surface area contributed by atoms with Crippen molar-refractivity contribution in [2.24, 2.45) is 5.73 Å². The second kappa shape index (κ2) is 7.17. The van der Waals surface area contributed by atoms with Crippen molar-refractivity contribution in [2.45, 2.75) is 6.61 Å². The number of ether oxygens (including phenoxy) is 3. The molecule has 0 fully saturated rings. The van der Waals surface area contributed by atoms with Gasteiger partial charge in [0.25, 0.3) is 0 Å². The standard InChI is InChI=1S/C16H16BrNO4/c1-20-13-7-6-11(14(17)15(13)21-2)9-22-12-5-3-4-10(8-12)16(18)19/h3-8H,9H2,1-2H3,(H2,18,19). The van der Waals surface area contributed by atoms with Crippen LogP contribution in [0.2, 0.25) is 0 Å². The first kappa shape index (κ1) is 16.2. The summed E-state index contributed by atoms with van der Waals surface area (Å²) in [6, 6.07) is 10.4. The molecule has 2 aromatic carbocycles. The molecule has 5 nitrogen and oxygen atoms in total. The van der Waals surface area contributed by atoms with Gasteiger partial charge in [0.1, 0.15) is 12.4 Å². The van der Waals surface area contributed by atoms with E-state index in [0.717, 1.165) is 10.0 Å². The van der Waals surface area contributed by atoms with Crippen molar-refractivity contribution in [1.29, 1.82) is 0 Å². The maximum absolute atomic E-state index is 11.2. The monoisotopic (exact) mass is 365 g/mol. The fraction of sp³-hybridized carbons (Fsp3) is 0.188. The van der Waals surface area contributed by atoms with Gasteiger partial charge in [-0.05, 0) is 40.2 Å². The first-order valence-electron chi connectivity index (χ1n) is 6.48. The number of rotatable bonds is 6. The highest BCUT2D eigenvalue weighted by Crippen LogP contribution is 2.37. The Morgan fingerprint density at radius 1 is 1.18 bits per heavy atom. The lowest BCUT2D eigenvalue weighted by atomic mass is 10.2. The van der Waals surface area contributed by atoms with Gasteiger partial charge in [-0.1, -0.05) is 12.1 Å². The fourth-order valence-electron chi connectivity index (χ4n) is 1.94. The molecule has 1 amide bonds. The van der Waals surface area contributed by atoms with Gasteiger partial charge >= 0.3 is 0 Å². The largest absolute Gasteiger partial charge is 0.493 e. The number of halogens is 1. The van der Waals surface area contributed by atoms with E-state index in [1.54, 1.807) is 38.5 Å². The third-order valence-electron chi connectivity index (χ3n) is 3.08. The lowest BCUT2D eigenvalue weighted by Crippen LogP contribution is -2.10. The highest BCUT2D eigenvalue weighted by atomic mass is 79.9. The number of carbonyl (C=O) groups excluding carboxylic acids is 1. The van der Waals surface area contributed by atoms with Crippen LogP contribution in [0.3, 0.4) is 0 Å². The van der Waals surface area contributed by atoms with Crippen LogP contribution in [0.15, 0.2) is 40.9 Å². The molecule has 0 aromatic heterocycles. The van der Waals surface area contributed by atoms with E-state index in [4.69, 9.17) is 19.9 Å². The summed E-state index contributed by atoms with van der Waals surface area (Å²) in [6.45, 7) is 0.309. The predicted octanol–water partition coefficient (Wildman–Crippen LogP) is 3.14. The Bertz CT molecular complexity index is 688. The van der Waals surface area contributed by atoms with Gasteiger partial charge < -0.3 is 19.9 Å². The normalized spacial score (nSPS) is 10.1. The van der Waals surface area contributed by atoms with Crippen LogP contribution in [0, 0.1) is 0 Å². The van der Waals surface area contributed by atoms with Gasteiger partial charge in [0.15, 0.2) is 11.5 Å². The van der Waals surface area contributed by atoms with Crippen molar-refractivity contribution in [3.8, 4) is 17.2 Å². The van der Waals surface area contributed by atoms with Crippen LogP contribution in [0.4, 0.5) is 0 Å². The highest BCUT2D eigenvalue weighted by Gasteiger charge is 2.13. The maximum atomic E-state index is 11.2. The molecule has 2 N–H and O–H groups in total. The van der Waals surface area contributed by atoms with E-state index < -0.39 is 5.91 Å². The van der Waals surface area contributed by atoms with Gasteiger partial charge in [-0.15, -0.1) is 0 Å². The molecule has 0 radical (unpaired) electrons. The van der Waals surface area contributed by atoms with E-state index >= 15 is 0 Å². The average Bonchev–Trinajstić information content (AvgIpc) is 2.53. The summed E-state index contributed by atoms with van der Waals surface area (Å²) in [5, 5.41) is 0. The highest BCUT2D eigenvalue weighted by molar-refractivity contribution is 9.10. The van der Waals surface area contributed by atoms with E-state index in [-0.39, 0.29) is 0 Å². The lowest BCUT2D eigenvalue weighted by Gasteiger charge is -2.14. The number of nitrogens with two attached hydrogens (primary N) is 1. The van der Waals surface area contributed by atoms with Crippen LogP contribution < -0.4 is 19.9 Å². The molecule has 0 aliphatic carbocycles. The van der Waals surface area contributed by atoms with Crippen molar-refractivity contribution in [3.63, 3.8) is 0 Å². The minimum Gasteiger partial charge on any atom is -0.493 e. The molecule has 0 saturated carbocycles.